The molecular weight excluding hydrogens is 308 g/mol. The minimum atomic E-state index is -0.763. The van der Waals surface area contributed by atoms with Crippen LogP contribution in [-0.4, -0.2) is 30.6 Å². The third kappa shape index (κ3) is 4.62. The molecule has 2 aromatic carbocycles. The van der Waals surface area contributed by atoms with E-state index in [2.05, 4.69) is 17.0 Å². The molecule has 0 aliphatic carbocycles. The molecule has 24 heavy (non-hydrogen) atoms. The van der Waals surface area contributed by atoms with Crippen molar-refractivity contribution in [2.24, 2.45) is 0 Å². The van der Waals surface area contributed by atoms with E-state index < -0.39 is 11.6 Å². The van der Waals surface area contributed by atoms with Gasteiger partial charge in [-0.2, -0.15) is 0 Å². The van der Waals surface area contributed by atoms with Crippen LogP contribution in [0.15, 0.2) is 48.5 Å². The van der Waals surface area contributed by atoms with Gasteiger partial charge in [0.1, 0.15) is 0 Å². The van der Waals surface area contributed by atoms with Crippen LogP contribution >= 0.6 is 0 Å². The molecule has 1 saturated heterocycles. The molecule has 0 spiro atoms. The van der Waals surface area contributed by atoms with Gasteiger partial charge in [-0.1, -0.05) is 42.5 Å². The monoisotopic (exact) mass is 331 g/mol. The van der Waals surface area contributed by atoms with Crippen molar-refractivity contribution >= 4 is 0 Å². The Bertz CT molecular complexity index is 639. The summed E-state index contributed by atoms with van der Waals surface area (Å²) in [6.07, 6.45) is 2.79. The molecule has 3 rings (SSSR count). The molecule has 0 unspecified atom stereocenters. The molecule has 0 radical (unpaired) electrons. The molecule has 4 heteroatoms. The summed E-state index contributed by atoms with van der Waals surface area (Å²) in [4.78, 5) is 2.30. The van der Waals surface area contributed by atoms with E-state index in [1.807, 2.05) is 18.2 Å². The number of likely N-dealkylation sites (tertiary alicyclic amines) is 1. The Hall–Kier alpha value is -1.78. The molecule has 0 aromatic heterocycles. The molecule has 1 aliphatic heterocycles. The second kappa shape index (κ2) is 8.36. The van der Waals surface area contributed by atoms with Gasteiger partial charge in [-0.05, 0) is 36.5 Å². The number of ether oxygens (including phenoxy) is 1. The van der Waals surface area contributed by atoms with Gasteiger partial charge in [0.25, 0.3) is 0 Å². The molecule has 128 valence electrons. The lowest BCUT2D eigenvalue weighted by atomic mass is 10.1. The summed E-state index contributed by atoms with van der Waals surface area (Å²) in [5, 5.41) is 0. The lowest BCUT2D eigenvalue weighted by Gasteiger charge is -2.32. The van der Waals surface area contributed by atoms with Crippen LogP contribution in [0.4, 0.5) is 8.78 Å². The Balaban J connectivity index is 1.40. The molecule has 2 nitrogen and oxygen atoms in total. The van der Waals surface area contributed by atoms with Crippen molar-refractivity contribution in [2.45, 2.75) is 32.0 Å². The van der Waals surface area contributed by atoms with Gasteiger partial charge in [0.05, 0.1) is 12.7 Å². The van der Waals surface area contributed by atoms with Crippen LogP contribution in [-0.2, 0) is 17.8 Å². The van der Waals surface area contributed by atoms with E-state index in [1.54, 1.807) is 12.1 Å². The molecule has 0 atom stereocenters. The van der Waals surface area contributed by atoms with Gasteiger partial charge in [0.2, 0.25) is 0 Å². The lowest BCUT2D eigenvalue weighted by Crippen LogP contribution is -2.38. The first-order valence-electron chi connectivity index (χ1n) is 8.53. The average molecular weight is 331 g/mol. The summed E-state index contributed by atoms with van der Waals surface area (Å²) in [6, 6.07) is 14.6. The number of benzene rings is 2. The zero-order chi connectivity index (χ0) is 16.8. The van der Waals surface area contributed by atoms with Crippen molar-refractivity contribution in [2.75, 3.05) is 19.6 Å². The Morgan fingerprint density at radius 2 is 1.71 bits per heavy atom. The number of nitrogens with zero attached hydrogens (tertiary/aromatic N) is 1. The fraction of sp³-hybridized carbons (Fsp3) is 0.400. The van der Waals surface area contributed by atoms with Crippen molar-refractivity contribution in [3.8, 4) is 0 Å². The molecule has 0 amide bonds. The van der Waals surface area contributed by atoms with Crippen LogP contribution in [0.1, 0.15) is 24.0 Å². The predicted molar refractivity (Wildman–Crippen MR) is 90.8 cm³/mol. The van der Waals surface area contributed by atoms with Crippen molar-refractivity contribution in [3.63, 3.8) is 0 Å². The van der Waals surface area contributed by atoms with Crippen LogP contribution in [0.5, 0.6) is 0 Å². The molecule has 1 heterocycles. The van der Waals surface area contributed by atoms with Gasteiger partial charge in [-0.3, -0.25) is 0 Å². The van der Waals surface area contributed by atoms with Crippen LogP contribution < -0.4 is 0 Å². The number of hydrogen-bond acceptors (Lipinski definition) is 2. The molecule has 2 aromatic rings. The maximum Gasteiger partial charge on any atom is 0.162 e. The first-order valence-corrected chi connectivity index (χ1v) is 8.53. The molecule has 1 aliphatic rings. The highest BCUT2D eigenvalue weighted by Crippen LogP contribution is 2.17. The smallest absolute Gasteiger partial charge is 0.162 e. The van der Waals surface area contributed by atoms with Gasteiger partial charge in [-0.25, -0.2) is 8.78 Å². The summed E-state index contributed by atoms with van der Waals surface area (Å²) in [6.45, 7) is 3.29. The molecule has 0 saturated carbocycles. The normalized spacial score (nSPS) is 16.4. The Morgan fingerprint density at radius 1 is 0.958 bits per heavy atom. The maximum atomic E-state index is 13.7. The second-order valence-corrected chi connectivity index (χ2v) is 6.30. The van der Waals surface area contributed by atoms with Crippen LogP contribution in [0.2, 0.25) is 0 Å². The zero-order valence-electron chi connectivity index (χ0n) is 13.8. The van der Waals surface area contributed by atoms with Crippen LogP contribution in [0, 0.1) is 11.6 Å². The van der Waals surface area contributed by atoms with Gasteiger partial charge < -0.3 is 9.64 Å². The highest BCUT2D eigenvalue weighted by atomic mass is 19.2. The lowest BCUT2D eigenvalue weighted by molar-refractivity contribution is -0.00222. The number of hydrogen-bond donors (Lipinski definition) is 0. The van der Waals surface area contributed by atoms with Gasteiger partial charge in [0, 0.05) is 19.6 Å². The van der Waals surface area contributed by atoms with E-state index in [0.717, 1.165) is 38.5 Å². The van der Waals surface area contributed by atoms with E-state index in [0.29, 0.717) is 18.6 Å². The zero-order valence-corrected chi connectivity index (χ0v) is 13.8. The average Bonchev–Trinajstić information content (AvgIpc) is 2.63. The fourth-order valence-corrected chi connectivity index (χ4v) is 3.11. The minimum absolute atomic E-state index is 0.285. The van der Waals surface area contributed by atoms with E-state index in [-0.39, 0.29) is 6.10 Å². The molecule has 0 N–H and O–H groups in total. The quantitative estimate of drug-likeness (QED) is 0.787. The maximum absolute atomic E-state index is 13.7. The number of piperidine rings is 1. The Kier molecular flexibility index (Phi) is 5.94. The van der Waals surface area contributed by atoms with Gasteiger partial charge >= 0.3 is 0 Å². The summed E-state index contributed by atoms with van der Waals surface area (Å²) in [7, 11) is 0. The van der Waals surface area contributed by atoms with Crippen LogP contribution in [0.3, 0.4) is 0 Å². The highest BCUT2D eigenvalue weighted by molar-refractivity contribution is 5.19. The largest absolute Gasteiger partial charge is 0.373 e. The van der Waals surface area contributed by atoms with Gasteiger partial charge in [-0.15, -0.1) is 0 Å². The highest BCUT2D eigenvalue weighted by Gasteiger charge is 2.20. The third-order valence-electron chi connectivity index (χ3n) is 4.59. The Morgan fingerprint density at radius 3 is 2.46 bits per heavy atom. The van der Waals surface area contributed by atoms with Crippen molar-refractivity contribution in [1.82, 2.24) is 4.90 Å². The van der Waals surface area contributed by atoms with E-state index in [4.69, 9.17) is 4.74 Å². The van der Waals surface area contributed by atoms with Crippen molar-refractivity contribution in [3.05, 3.63) is 71.3 Å². The standard InChI is InChI=1S/C20H23F2NO/c21-19-8-4-7-17(20(19)22)9-12-23-13-10-18(11-14-23)24-15-16-5-2-1-3-6-16/h1-8,18H,9-15H2. The minimum Gasteiger partial charge on any atom is -0.373 e. The first kappa shape index (κ1) is 17.1. The molecule has 0 bridgehead atoms. The molecular formula is C20H23F2NO. The SMILES string of the molecule is Fc1cccc(CCN2CCC(OCc3ccccc3)CC2)c1F. The molecule has 1 fully saturated rings. The van der Waals surface area contributed by atoms with E-state index in [9.17, 15) is 8.78 Å². The second-order valence-electron chi connectivity index (χ2n) is 6.30. The Labute approximate surface area is 142 Å². The van der Waals surface area contributed by atoms with E-state index >= 15 is 0 Å². The van der Waals surface area contributed by atoms with Gasteiger partial charge in [0.15, 0.2) is 11.6 Å². The van der Waals surface area contributed by atoms with Crippen LogP contribution in [0.25, 0.3) is 0 Å². The summed E-state index contributed by atoms with van der Waals surface area (Å²) >= 11 is 0. The van der Waals surface area contributed by atoms with E-state index in [1.165, 1.54) is 5.56 Å². The topological polar surface area (TPSA) is 12.5 Å². The summed E-state index contributed by atoms with van der Waals surface area (Å²) in [5.41, 5.74) is 1.65. The first-order chi connectivity index (χ1) is 11.7. The predicted octanol–water partition coefficient (Wildman–Crippen LogP) is 4.19. The number of rotatable bonds is 6. The summed E-state index contributed by atoms with van der Waals surface area (Å²) in [5.74, 6) is -1.47. The summed E-state index contributed by atoms with van der Waals surface area (Å²) < 4.78 is 32.9. The third-order valence-corrected chi connectivity index (χ3v) is 4.59. The fourth-order valence-electron chi connectivity index (χ4n) is 3.11. The van der Waals surface area contributed by atoms with Crippen molar-refractivity contribution in [1.29, 1.82) is 0 Å². The number of halogens is 2. The van der Waals surface area contributed by atoms with Crippen molar-refractivity contribution < 1.29 is 13.5 Å².